The fourth-order valence-corrected chi connectivity index (χ4v) is 1.21. The van der Waals surface area contributed by atoms with Crippen LogP contribution in [0.25, 0.3) is 0 Å². The zero-order chi connectivity index (χ0) is 12.0. The molecular formula is C11H20IN5. The van der Waals surface area contributed by atoms with Crippen LogP contribution in [-0.2, 0) is 13.5 Å². The molecule has 0 radical (unpaired) electrons. The largest absolute Gasteiger partial charge is 0.370 e. The summed E-state index contributed by atoms with van der Waals surface area (Å²) in [6.45, 7) is 7.02. The lowest BCUT2D eigenvalue weighted by Crippen LogP contribution is -2.33. The third kappa shape index (κ3) is 6.98. The van der Waals surface area contributed by atoms with Gasteiger partial charge in [0.1, 0.15) is 0 Å². The smallest absolute Gasteiger partial charge is 0.188 e. The Morgan fingerprint density at radius 1 is 1.65 bits per heavy atom. The third-order valence-electron chi connectivity index (χ3n) is 2.00. The second kappa shape index (κ2) is 8.10. The highest BCUT2D eigenvalue weighted by molar-refractivity contribution is 14.0. The molecule has 0 aromatic carbocycles. The molecule has 0 saturated heterocycles. The number of aryl methyl sites for hydroxylation is 1. The van der Waals surface area contributed by atoms with Crippen molar-refractivity contribution < 1.29 is 0 Å². The van der Waals surface area contributed by atoms with Crippen molar-refractivity contribution in [2.24, 2.45) is 17.8 Å². The van der Waals surface area contributed by atoms with Crippen molar-refractivity contribution in [1.29, 1.82) is 0 Å². The number of rotatable bonds is 5. The van der Waals surface area contributed by atoms with E-state index in [0.29, 0.717) is 12.5 Å². The van der Waals surface area contributed by atoms with Crippen LogP contribution in [0.5, 0.6) is 0 Å². The van der Waals surface area contributed by atoms with Crippen LogP contribution in [-0.4, -0.2) is 28.8 Å². The fraction of sp³-hybridized carbons (Fsp3) is 0.455. The Morgan fingerprint density at radius 2 is 2.35 bits per heavy atom. The van der Waals surface area contributed by atoms with Crippen LogP contribution in [0.15, 0.2) is 29.5 Å². The first kappa shape index (κ1) is 16.0. The summed E-state index contributed by atoms with van der Waals surface area (Å²) in [5.74, 6) is 0.465. The van der Waals surface area contributed by atoms with Gasteiger partial charge in [-0.2, -0.15) is 5.10 Å². The minimum Gasteiger partial charge on any atom is -0.370 e. The number of nitrogens with zero attached hydrogens (tertiary/aromatic N) is 3. The number of nitrogens with one attached hydrogen (secondary N) is 1. The van der Waals surface area contributed by atoms with E-state index in [0.717, 1.165) is 18.5 Å². The van der Waals surface area contributed by atoms with Crippen molar-refractivity contribution >= 4 is 29.9 Å². The van der Waals surface area contributed by atoms with Crippen LogP contribution in [0.3, 0.4) is 0 Å². The zero-order valence-electron chi connectivity index (χ0n) is 10.3. The summed E-state index contributed by atoms with van der Waals surface area (Å²) in [7, 11) is 1.90. The van der Waals surface area contributed by atoms with Gasteiger partial charge < -0.3 is 11.1 Å². The van der Waals surface area contributed by atoms with E-state index in [4.69, 9.17) is 5.73 Å². The van der Waals surface area contributed by atoms with E-state index in [2.05, 4.69) is 22.0 Å². The highest BCUT2D eigenvalue weighted by atomic mass is 127. The van der Waals surface area contributed by atoms with E-state index in [1.165, 1.54) is 5.56 Å². The molecule has 0 amide bonds. The molecule has 1 heterocycles. The maximum absolute atomic E-state index is 5.67. The molecule has 17 heavy (non-hydrogen) atoms. The molecule has 1 aromatic heterocycles. The van der Waals surface area contributed by atoms with Gasteiger partial charge >= 0.3 is 0 Å². The Kier molecular flexibility index (Phi) is 7.60. The van der Waals surface area contributed by atoms with Gasteiger partial charge in [-0.1, -0.05) is 12.2 Å². The monoisotopic (exact) mass is 349 g/mol. The minimum absolute atomic E-state index is 0. The SMILES string of the molecule is C=C(C)CN=C(N)NCCc1cnn(C)c1.I. The number of aliphatic imine (C=N–C) groups is 1. The van der Waals surface area contributed by atoms with Crippen molar-refractivity contribution in [3.05, 3.63) is 30.1 Å². The normalized spacial score (nSPS) is 10.8. The molecule has 0 aliphatic carbocycles. The minimum atomic E-state index is 0. The zero-order valence-corrected chi connectivity index (χ0v) is 12.6. The average Bonchev–Trinajstić information content (AvgIpc) is 2.61. The second-order valence-corrected chi connectivity index (χ2v) is 3.86. The Labute approximate surface area is 119 Å². The maximum Gasteiger partial charge on any atom is 0.188 e. The van der Waals surface area contributed by atoms with Crippen molar-refractivity contribution in [3.8, 4) is 0 Å². The van der Waals surface area contributed by atoms with Gasteiger partial charge in [0.05, 0.1) is 12.7 Å². The van der Waals surface area contributed by atoms with Gasteiger partial charge in [0.2, 0.25) is 0 Å². The molecule has 0 atom stereocenters. The van der Waals surface area contributed by atoms with Gasteiger partial charge in [0.25, 0.3) is 0 Å². The highest BCUT2D eigenvalue weighted by Gasteiger charge is 1.96. The highest BCUT2D eigenvalue weighted by Crippen LogP contribution is 1.95. The lowest BCUT2D eigenvalue weighted by molar-refractivity contribution is 0.766. The van der Waals surface area contributed by atoms with E-state index >= 15 is 0 Å². The van der Waals surface area contributed by atoms with Gasteiger partial charge in [-0.25, -0.2) is 4.99 Å². The Balaban J connectivity index is 0.00000256. The summed E-state index contributed by atoms with van der Waals surface area (Å²) in [6.07, 6.45) is 4.73. The molecule has 1 rings (SSSR count). The first-order valence-corrected chi connectivity index (χ1v) is 5.23. The van der Waals surface area contributed by atoms with Crippen LogP contribution >= 0.6 is 24.0 Å². The summed E-state index contributed by atoms with van der Waals surface area (Å²) >= 11 is 0. The molecule has 0 spiro atoms. The summed E-state index contributed by atoms with van der Waals surface area (Å²) in [5, 5.41) is 7.14. The predicted octanol–water partition coefficient (Wildman–Crippen LogP) is 1.06. The summed E-state index contributed by atoms with van der Waals surface area (Å²) in [6, 6.07) is 0. The lowest BCUT2D eigenvalue weighted by Gasteiger charge is -2.04. The van der Waals surface area contributed by atoms with Crippen molar-refractivity contribution in [2.75, 3.05) is 13.1 Å². The molecule has 6 heteroatoms. The first-order chi connectivity index (χ1) is 7.58. The summed E-state index contributed by atoms with van der Waals surface area (Å²) < 4.78 is 1.79. The number of hydrogen-bond acceptors (Lipinski definition) is 2. The number of aromatic nitrogens is 2. The average molecular weight is 349 g/mol. The van der Waals surface area contributed by atoms with E-state index in [1.54, 1.807) is 4.68 Å². The van der Waals surface area contributed by atoms with Crippen LogP contribution in [0.1, 0.15) is 12.5 Å². The van der Waals surface area contributed by atoms with Crippen LogP contribution < -0.4 is 11.1 Å². The van der Waals surface area contributed by atoms with Crippen LogP contribution in [0.2, 0.25) is 0 Å². The number of guanidine groups is 1. The van der Waals surface area contributed by atoms with Gasteiger partial charge in [-0.3, -0.25) is 4.68 Å². The van der Waals surface area contributed by atoms with Gasteiger partial charge in [-0.05, 0) is 18.9 Å². The molecule has 0 unspecified atom stereocenters. The molecule has 0 aliphatic heterocycles. The molecule has 1 aromatic rings. The van der Waals surface area contributed by atoms with Gasteiger partial charge in [0, 0.05) is 19.8 Å². The van der Waals surface area contributed by atoms with E-state index in [9.17, 15) is 0 Å². The number of halogens is 1. The van der Waals surface area contributed by atoms with Gasteiger partial charge in [0.15, 0.2) is 5.96 Å². The predicted molar refractivity (Wildman–Crippen MR) is 81.6 cm³/mol. The number of hydrogen-bond donors (Lipinski definition) is 2. The van der Waals surface area contributed by atoms with Gasteiger partial charge in [-0.15, -0.1) is 24.0 Å². The van der Waals surface area contributed by atoms with E-state index < -0.39 is 0 Å². The maximum atomic E-state index is 5.67. The standard InChI is InChI=1S/C11H19N5.HI/c1-9(2)6-14-11(12)13-5-4-10-7-15-16(3)8-10;/h7-8H,1,4-6H2,2-3H3,(H3,12,13,14);1H. The first-order valence-electron chi connectivity index (χ1n) is 5.23. The number of nitrogens with two attached hydrogens (primary N) is 1. The molecule has 0 saturated carbocycles. The molecule has 5 nitrogen and oxygen atoms in total. The van der Waals surface area contributed by atoms with E-state index in [1.807, 2.05) is 26.4 Å². The van der Waals surface area contributed by atoms with Crippen LogP contribution in [0.4, 0.5) is 0 Å². The Morgan fingerprint density at radius 3 is 2.88 bits per heavy atom. The van der Waals surface area contributed by atoms with Crippen molar-refractivity contribution in [2.45, 2.75) is 13.3 Å². The molecule has 96 valence electrons. The molecule has 0 aliphatic rings. The second-order valence-electron chi connectivity index (χ2n) is 3.86. The van der Waals surface area contributed by atoms with Crippen molar-refractivity contribution in [1.82, 2.24) is 15.1 Å². The summed E-state index contributed by atoms with van der Waals surface area (Å²) in [5.41, 5.74) is 7.85. The lowest BCUT2D eigenvalue weighted by atomic mass is 10.2. The van der Waals surface area contributed by atoms with Crippen molar-refractivity contribution in [3.63, 3.8) is 0 Å². The Bertz CT molecular complexity index is 383. The summed E-state index contributed by atoms with van der Waals surface area (Å²) in [4.78, 5) is 4.12. The topological polar surface area (TPSA) is 68.2 Å². The molecule has 0 fully saturated rings. The van der Waals surface area contributed by atoms with E-state index in [-0.39, 0.29) is 24.0 Å². The quantitative estimate of drug-likeness (QED) is 0.362. The fourth-order valence-electron chi connectivity index (χ4n) is 1.21. The van der Waals surface area contributed by atoms with Crippen LogP contribution in [0, 0.1) is 0 Å². The molecule has 3 N–H and O–H groups in total. The molecule has 0 bridgehead atoms. The third-order valence-corrected chi connectivity index (χ3v) is 2.00. The molecular weight excluding hydrogens is 329 g/mol. The Hall–Kier alpha value is -1.05.